The third-order valence-corrected chi connectivity index (χ3v) is 7.26. The van der Waals surface area contributed by atoms with Gasteiger partial charge in [-0.1, -0.05) is 31.0 Å². The minimum Gasteiger partial charge on any atom is -0.376 e. The maximum Gasteiger partial charge on any atom is 0.235 e. The largest absolute Gasteiger partial charge is 0.376 e. The number of aromatic nitrogens is 5. The van der Waals surface area contributed by atoms with Gasteiger partial charge in [-0.3, -0.25) is 4.79 Å². The maximum atomic E-state index is 12.8. The van der Waals surface area contributed by atoms with Crippen molar-refractivity contribution in [1.82, 2.24) is 24.8 Å². The van der Waals surface area contributed by atoms with E-state index in [-0.39, 0.29) is 17.8 Å². The molecule has 3 heterocycles. The zero-order valence-corrected chi connectivity index (χ0v) is 19.0. The topological polar surface area (TPSA) is 111 Å². The quantitative estimate of drug-likeness (QED) is 0.653. The summed E-state index contributed by atoms with van der Waals surface area (Å²) in [4.78, 5) is 12.8. The smallest absolute Gasteiger partial charge is 0.235 e. The van der Waals surface area contributed by atoms with Gasteiger partial charge >= 0.3 is 0 Å². The van der Waals surface area contributed by atoms with Crippen LogP contribution in [0.1, 0.15) is 67.8 Å². The molecule has 0 radical (unpaired) electrons. The predicted molar refractivity (Wildman–Crippen MR) is 117 cm³/mol. The molecule has 1 saturated carbocycles. The van der Waals surface area contributed by atoms with Gasteiger partial charge in [0, 0.05) is 12.3 Å². The number of anilines is 1. The molecule has 10 heteroatoms. The van der Waals surface area contributed by atoms with E-state index in [0.29, 0.717) is 29.1 Å². The second kappa shape index (κ2) is 9.83. The highest BCUT2D eigenvalue weighted by molar-refractivity contribution is 7.99. The molecule has 9 nitrogen and oxygen atoms in total. The van der Waals surface area contributed by atoms with Crippen molar-refractivity contribution in [2.75, 3.05) is 17.7 Å². The highest BCUT2D eigenvalue weighted by Gasteiger charge is 2.25. The van der Waals surface area contributed by atoms with Gasteiger partial charge in [0.05, 0.1) is 30.0 Å². The van der Waals surface area contributed by atoms with E-state index in [2.05, 4.69) is 26.9 Å². The van der Waals surface area contributed by atoms with Gasteiger partial charge in [0.25, 0.3) is 0 Å². The van der Waals surface area contributed by atoms with Crippen molar-refractivity contribution in [2.45, 2.75) is 82.6 Å². The van der Waals surface area contributed by atoms with Gasteiger partial charge in [-0.15, -0.1) is 5.10 Å². The Hall–Kier alpha value is -2.38. The van der Waals surface area contributed by atoms with E-state index >= 15 is 0 Å². The summed E-state index contributed by atoms with van der Waals surface area (Å²) < 4.78 is 9.66. The first-order valence-electron chi connectivity index (χ1n) is 11.0. The van der Waals surface area contributed by atoms with E-state index in [1.165, 1.54) is 31.0 Å². The van der Waals surface area contributed by atoms with Crippen molar-refractivity contribution in [3.63, 3.8) is 0 Å². The Balaban J connectivity index is 1.45. The number of nitriles is 1. The Morgan fingerprint density at radius 2 is 2.06 bits per heavy atom. The van der Waals surface area contributed by atoms with Gasteiger partial charge in [0.1, 0.15) is 11.9 Å². The number of nitrogens with one attached hydrogen (secondary N) is 1. The fraction of sp³-hybridized carbons (Fsp3) is 0.667. The van der Waals surface area contributed by atoms with Crippen LogP contribution in [0, 0.1) is 25.2 Å². The molecule has 4 rings (SSSR count). The van der Waals surface area contributed by atoms with E-state index < -0.39 is 0 Å². The number of amides is 1. The molecule has 1 N–H and O–H groups in total. The fourth-order valence-electron chi connectivity index (χ4n) is 4.48. The number of nitrogens with zero attached hydrogens (tertiary/aromatic N) is 6. The number of thioether (sulfide) groups is 1. The van der Waals surface area contributed by atoms with Gasteiger partial charge in [-0.2, -0.15) is 5.26 Å². The van der Waals surface area contributed by atoms with Crippen molar-refractivity contribution in [1.29, 1.82) is 5.26 Å². The second-order valence-electron chi connectivity index (χ2n) is 8.33. The molecule has 2 aliphatic rings. The predicted octanol–water partition coefficient (Wildman–Crippen LogP) is 3.38. The highest BCUT2D eigenvalue weighted by atomic mass is 32.2. The summed E-state index contributed by atoms with van der Waals surface area (Å²) in [5.41, 5.74) is 2.39. The number of rotatable bonds is 7. The Labute approximate surface area is 186 Å². The van der Waals surface area contributed by atoms with E-state index in [0.717, 1.165) is 43.5 Å². The van der Waals surface area contributed by atoms with Crippen molar-refractivity contribution in [2.24, 2.45) is 0 Å². The average molecular weight is 444 g/mol. The molecule has 1 saturated heterocycles. The minimum atomic E-state index is -0.175. The summed E-state index contributed by atoms with van der Waals surface area (Å²) >= 11 is 1.34. The lowest BCUT2D eigenvalue weighted by Crippen LogP contribution is -2.22. The molecule has 0 bridgehead atoms. The zero-order chi connectivity index (χ0) is 21.8. The number of hydrogen-bond donors (Lipinski definition) is 1. The molecule has 31 heavy (non-hydrogen) atoms. The second-order valence-corrected chi connectivity index (χ2v) is 9.27. The van der Waals surface area contributed by atoms with Crippen molar-refractivity contribution < 1.29 is 9.53 Å². The molecule has 1 aliphatic carbocycles. The van der Waals surface area contributed by atoms with Crippen molar-refractivity contribution >= 4 is 23.5 Å². The van der Waals surface area contributed by atoms with Crippen LogP contribution in [0.25, 0.3) is 0 Å². The molecule has 2 aromatic heterocycles. The summed E-state index contributed by atoms with van der Waals surface area (Å²) in [5, 5.41) is 25.4. The van der Waals surface area contributed by atoms with Crippen LogP contribution in [0.3, 0.4) is 0 Å². The summed E-state index contributed by atoms with van der Waals surface area (Å²) in [6.07, 6.45) is 7.93. The summed E-state index contributed by atoms with van der Waals surface area (Å²) in [6, 6.07) is 2.57. The standard InChI is InChI=1S/C21H29N7O2S/c1-14-15(2)27(12-17-9-6-10-30-17)20(18(14)11-22)23-19(29)13-31-21-24-25-26-28(21)16-7-4-3-5-8-16/h16-17H,3-10,12-13H2,1-2H3,(H,23,29)/t17-/m1/s1. The van der Waals surface area contributed by atoms with Crippen LogP contribution in [-0.4, -0.2) is 49.1 Å². The molecule has 0 aromatic carbocycles. The van der Waals surface area contributed by atoms with E-state index in [1.54, 1.807) is 0 Å². The molecule has 2 aromatic rings. The molecule has 2 fully saturated rings. The van der Waals surface area contributed by atoms with Gasteiger partial charge in [-0.25, -0.2) is 4.68 Å². The van der Waals surface area contributed by atoms with Gasteiger partial charge in [0.2, 0.25) is 11.1 Å². The van der Waals surface area contributed by atoms with E-state index in [4.69, 9.17) is 4.74 Å². The molecule has 1 aliphatic heterocycles. The van der Waals surface area contributed by atoms with Gasteiger partial charge in [-0.05, 0) is 55.5 Å². The summed E-state index contributed by atoms with van der Waals surface area (Å²) in [5.74, 6) is 0.567. The first kappa shape index (κ1) is 21.8. The number of tetrazole rings is 1. The van der Waals surface area contributed by atoms with Crippen molar-refractivity contribution in [3.8, 4) is 6.07 Å². The van der Waals surface area contributed by atoms with E-state index in [9.17, 15) is 10.1 Å². The van der Waals surface area contributed by atoms with Crippen LogP contribution in [0.5, 0.6) is 0 Å². The Morgan fingerprint density at radius 1 is 1.26 bits per heavy atom. The summed E-state index contributed by atoms with van der Waals surface area (Å²) in [6.45, 7) is 5.30. The minimum absolute atomic E-state index is 0.113. The first-order valence-corrected chi connectivity index (χ1v) is 12.0. The first-order chi connectivity index (χ1) is 15.1. The zero-order valence-electron chi connectivity index (χ0n) is 18.1. The lowest BCUT2D eigenvalue weighted by atomic mass is 9.96. The van der Waals surface area contributed by atoms with Crippen molar-refractivity contribution in [3.05, 3.63) is 16.8 Å². The molecule has 1 atom stereocenters. The van der Waals surface area contributed by atoms with Gasteiger partial charge in [0.15, 0.2) is 0 Å². The third kappa shape index (κ3) is 4.77. The number of hydrogen-bond acceptors (Lipinski definition) is 7. The van der Waals surface area contributed by atoms with Crippen LogP contribution in [0.4, 0.5) is 5.82 Å². The fourth-order valence-corrected chi connectivity index (χ4v) is 5.23. The molecule has 166 valence electrons. The Bertz CT molecular complexity index is 965. The normalized spacial score (nSPS) is 19.5. The molecular weight excluding hydrogens is 414 g/mol. The van der Waals surface area contributed by atoms with Gasteiger partial charge < -0.3 is 14.6 Å². The number of carbonyl (C=O) groups excluding carboxylic acids is 1. The SMILES string of the molecule is Cc1c(C#N)c(NC(=O)CSc2nnnn2C2CCCCC2)n(C[C@H]2CCCO2)c1C. The molecule has 0 spiro atoms. The Morgan fingerprint density at radius 3 is 2.77 bits per heavy atom. The Kier molecular flexibility index (Phi) is 6.92. The highest BCUT2D eigenvalue weighted by Crippen LogP contribution is 2.31. The summed E-state index contributed by atoms with van der Waals surface area (Å²) in [7, 11) is 0. The molecule has 1 amide bonds. The number of ether oxygens (including phenoxy) is 1. The van der Waals surface area contributed by atoms with Crippen LogP contribution in [-0.2, 0) is 16.1 Å². The van der Waals surface area contributed by atoms with Crippen LogP contribution in [0.15, 0.2) is 5.16 Å². The maximum absolute atomic E-state index is 12.8. The van der Waals surface area contributed by atoms with Crippen LogP contribution < -0.4 is 5.32 Å². The van der Waals surface area contributed by atoms with Crippen LogP contribution >= 0.6 is 11.8 Å². The third-order valence-electron chi connectivity index (χ3n) is 6.32. The van der Waals surface area contributed by atoms with E-state index in [1.807, 2.05) is 23.1 Å². The average Bonchev–Trinajstić information content (AvgIpc) is 3.51. The van der Waals surface area contributed by atoms with Crippen LogP contribution in [0.2, 0.25) is 0 Å². The lowest BCUT2D eigenvalue weighted by Gasteiger charge is -2.22. The monoisotopic (exact) mass is 443 g/mol. The molecular formula is C21H29N7O2S. The molecule has 0 unspecified atom stereocenters. The number of carbonyl (C=O) groups is 1. The lowest BCUT2D eigenvalue weighted by molar-refractivity contribution is -0.113.